The zero-order valence-corrected chi connectivity index (χ0v) is 12.8. The van der Waals surface area contributed by atoms with Crippen molar-refractivity contribution in [2.75, 3.05) is 6.61 Å². The molecule has 1 N–H and O–H groups in total. The number of rotatable bonds is 4. The fourth-order valence-electron chi connectivity index (χ4n) is 2.65. The van der Waals surface area contributed by atoms with E-state index in [2.05, 4.69) is 32.9 Å². The third kappa shape index (κ3) is 3.07. The van der Waals surface area contributed by atoms with Crippen molar-refractivity contribution >= 4 is 15.9 Å². The van der Waals surface area contributed by atoms with Crippen LogP contribution in [0.2, 0.25) is 0 Å². The first-order chi connectivity index (χ1) is 9.72. The van der Waals surface area contributed by atoms with E-state index in [-0.39, 0.29) is 6.10 Å². The average molecular weight is 336 g/mol. The van der Waals surface area contributed by atoms with Gasteiger partial charge in [-0.05, 0) is 49.1 Å². The standard InChI is InChI=1S/C16H18BrNO2/c17-13-4-6-14(7-5-13)20-9-8-18-10-12-2-1-3-16(19)15(12)11-18/h4-7,10-11,16,19H,1-3,8-9H2. The maximum Gasteiger partial charge on any atom is 0.119 e. The third-order valence-corrected chi connectivity index (χ3v) is 4.24. The van der Waals surface area contributed by atoms with E-state index in [0.717, 1.165) is 41.6 Å². The molecule has 2 aromatic rings. The van der Waals surface area contributed by atoms with Gasteiger partial charge in [0.25, 0.3) is 0 Å². The summed E-state index contributed by atoms with van der Waals surface area (Å²) in [5, 5.41) is 9.96. The summed E-state index contributed by atoms with van der Waals surface area (Å²) in [6.45, 7) is 1.43. The number of ether oxygens (including phenoxy) is 1. The lowest BCUT2D eigenvalue weighted by atomic mass is 9.93. The highest BCUT2D eigenvalue weighted by Gasteiger charge is 2.19. The van der Waals surface area contributed by atoms with Crippen LogP contribution in [0.5, 0.6) is 5.75 Å². The summed E-state index contributed by atoms with van der Waals surface area (Å²) in [5.74, 6) is 0.880. The Bertz CT molecular complexity index is 577. The van der Waals surface area contributed by atoms with Crippen LogP contribution >= 0.6 is 15.9 Å². The molecule has 1 atom stereocenters. The minimum Gasteiger partial charge on any atom is -0.492 e. The smallest absolute Gasteiger partial charge is 0.119 e. The molecule has 0 radical (unpaired) electrons. The third-order valence-electron chi connectivity index (χ3n) is 3.71. The molecule has 0 saturated carbocycles. The van der Waals surface area contributed by atoms with E-state index >= 15 is 0 Å². The van der Waals surface area contributed by atoms with Crippen LogP contribution in [-0.4, -0.2) is 16.3 Å². The molecule has 1 heterocycles. The number of benzene rings is 1. The Balaban J connectivity index is 1.57. The lowest BCUT2D eigenvalue weighted by molar-refractivity contribution is 0.157. The minimum absolute atomic E-state index is 0.285. The van der Waals surface area contributed by atoms with Crippen LogP contribution in [0.25, 0.3) is 0 Å². The lowest BCUT2D eigenvalue weighted by Crippen LogP contribution is -2.06. The molecule has 20 heavy (non-hydrogen) atoms. The summed E-state index contributed by atoms with van der Waals surface area (Å²) in [6, 6.07) is 7.85. The van der Waals surface area contributed by atoms with Crippen molar-refractivity contribution in [1.82, 2.24) is 4.57 Å². The fourth-order valence-corrected chi connectivity index (χ4v) is 2.92. The Morgan fingerprint density at radius 3 is 2.80 bits per heavy atom. The summed E-state index contributed by atoms with van der Waals surface area (Å²) in [5.41, 5.74) is 2.38. The second kappa shape index (κ2) is 6.02. The second-order valence-electron chi connectivity index (χ2n) is 5.19. The zero-order chi connectivity index (χ0) is 13.9. The van der Waals surface area contributed by atoms with E-state index in [4.69, 9.17) is 4.74 Å². The first kappa shape index (κ1) is 13.7. The maximum atomic E-state index is 9.96. The number of fused-ring (bicyclic) bond motifs is 1. The number of halogens is 1. The molecule has 0 aliphatic heterocycles. The number of hydrogen-bond donors (Lipinski definition) is 1. The van der Waals surface area contributed by atoms with E-state index in [9.17, 15) is 5.11 Å². The predicted molar refractivity (Wildman–Crippen MR) is 82.0 cm³/mol. The van der Waals surface area contributed by atoms with Crippen molar-refractivity contribution < 1.29 is 9.84 Å². The predicted octanol–water partition coefficient (Wildman–Crippen LogP) is 3.70. The van der Waals surface area contributed by atoms with Gasteiger partial charge in [0.1, 0.15) is 12.4 Å². The van der Waals surface area contributed by atoms with Gasteiger partial charge in [0.15, 0.2) is 0 Å². The van der Waals surface area contributed by atoms with Crippen molar-refractivity contribution in [2.45, 2.75) is 31.9 Å². The van der Waals surface area contributed by atoms with E-state index in [1.54, 1.807) is 0 Å². The van der Waals surface area contributed by atoms with Crippen molar-refractivity contribution in [2.24, 2.45) is 0 Å². The van der Waals surface area contributed by atoms with Crippen LogP contribution < -0.4 is 4.74 Å². The molecule has 0 fully saturated rings. The van der Waals surface area contributed by atoms with Gasteiger partial charge in [0.05, 0.1) is 12.6 Å². The number of nitrogens with zero attached hydrogens (tertiary/aromatic N) is 1. The average Bonchev–Trinajstić information content (AvgIpc) is 2.85. The minimum atomic E-state index is -0.285. The SMILES string of the molecule is OC1CCCc2cn(CCOc3ccc(Br)cc3)cc21. The first-order valence-corrected chi connectivity index (χ1v) is 7.76. The van der Waals surface area contributed by atoms with Crippen LogP contribution in [0.1, 0.15) is 30.1 Å². The van der Waals surface area contributed by atoms with Gasteiger partial charge in [-0.1, -0.05) is 15.9 Å². The number of hydrogen-bond acceptors (Lipinski definition) is 2. The highest BCUT2D eigenvalue weighted by Crippen LogP contribution is 2.30. The van der Waals surface area contributed by atoms with E-state index in [0.29, 0.717) is 6.61 Å². The zero-order valence-electron chi connectivity index (χ0n) is 11.3. The van der Waals surface area contributed by atoms with Crippen molar-refractivity contribution in [1.29, 1.82) is 0 Å². The highest BCUT2D eigenvalue weighted by molar-refractivity contribution is 9.10. The number of aryl methyl sites for hydroxylation is 1. The second-order valence-corrected chi connectivity index (χ2v) is 6.10. The van der Waals surface area contributed by atoms with Crippen LogP contribution in [0.15, 0.2) is 41.1 Å². The van der Waals surface area contributed by atoms with Crippen molar-refractivity contribution in [3.8, 4) is 5.75 Å². The Labute approximate surface area is 127 Å². The summed E-state index contributed by atoms with van der Waals surface area (Å²) < 4.78 is 8.90. The van der Waals surface area contributed by atoms with Crippen molar-refractivity contribution in [3.63, 3.8) is 0 Å². The highest BCUT2D eigenvalue weighted by atomic mass is 79.9. The molecule has 0 bridgehead atoms. The monoisotopic (exact) mass is 335 g/mol. The number of aliphatic hydroxyl groups is 1. The van der Waals surface area contributed by atoms with Gasteiger partial charge in [0, 0.05) is 22.4 Å². The molecule has 3 nitrogen and oxygen atoms in total. The summed E-state index contributed by atoms with van der Waals surface area (Å²) in [6.07, 6.45) is 6.95. The molecule has 1 unspecified atom stereocenters. The Morgan fingerprint density at radius 2 is 2.05 bits per heavy atom. The summed E-state index contributed by atoms with van der Waals surface area (Å²) in [4.78, 5) is 0. The van der Waals surface area contributed by atoms with Gasteiger partial charge in [-0.2, -0.15) is 0 Å². The fraction of sp³-hybridized carbons (Fsp3) is 0.375. The molecule has 0 amide bonds. The summed E-state index contributed by atoms with van der Waals surface area (Å²) >= 11 is 3.41. The Hall–Kier alpha value is -1.26. The van der Waals surface area contributed by atoms with E-state index in [1.807, 2.05) is 24.3 Å². The van der Waals surface area contributed by atoms with Gasteiger partial charge >= 0.3 is 0 Å². The van der Waals surface area contributed by atoms with Gasteiger partial charge < -0.3 is 14.4 Å². The lowest BCUT2D eigenvalue weighted by Gasteiger charge is -2.16. The van der Waals surface area contributed by atoms with Crippen LogP contribution in [-0.2, 0) is 13.0 Å². The molecule has 1 aromatic carbocycles. The van der Waals surface area contributed by atoms with Gasteiger partial charge in [0.2, 0.25) is 0 Å². The van der Waals surface area contributed by atoms with Crippen LogP contribution in [0, 0.1) is 0 Å². The van der Waals surface area contributed by atoms with Gasteiger partial charge in [-0.15, -0.1) is 0 Å². The van der Waals surface area contributed by atoms with Crippen LogP contribution in [0.4, 0.5) is 0 Å². The molecule has 1 aliphatic rings. The van der Waals surface area contributed by atoms with E-state index < -0.39 is 0 Å². The molecule has 0 saturated heterocycles. The van der Waals surface area contributed by atoms with E-state index in [1.165, 1.54) is 5.56 Å². The maximum absolute atomic E-state index is 9.96. The van der Waals surface area contributed by atoms with Crippen LogP contribution in [0.3, 0.4) is 0 Å². The first-order valence-electron chi connectivity index (χ1n) is 6.97. The molecular formula is C16H18BrNO2. The molecule has 4 heteroatoms. The van der Waals surface area contributed by atoms with Crippen molar-refractivity contribution in [3.05, 3.63) is 52.3 Å². The molecule has 1 aliphatic carbocycles. The normalized spacial score (nSPS) is 17.8. The van der Waals surface area contributed by atoms with Gasteiger partial charge in [-0.3, -0.25) is 0 Å². The summed E-state index contributed by atoms with van der Waals surface area (Å²) in [7, 11) is 0. The quantitative estimate of drug-likeness (QED) is 0.924. The van der Waals surface area contributed by atoms with Gasteiger partial charge in [-0.25, -0.2) is 0 Å². The topological polar surface area (TPSA) is 34.4 Å². The molecule has 1 aromatic heterocycles. The molecule has 106 valence electrons. The molecular weight excluding hydrogens is 318 g/mol. The number of aliphatic hydroxyl groups excluding tert-OH is 1. The largest absolute Gasteiger partial charge is 0.492 e. The number of aromatic nitrogens is 1. The molecule has 3 rings (SSSR count). The Morgan fingerprint density at radius 1 is 1.25 bits per heavy atom. The Kier molecular flexibility index (Phi) is 4.13. The molecule has 0 spiro atoms.